The highest BCUT2D eigenvalue weighted by Crippen LogP contribution is 2.67. The fourth-order valence-electron chi connectivity index (χ4n) is 6.51. The van der Waals surface area contributed by atoms with Crippen molar-refractivity contribution < 1.29 is 46.5 Å². The minimum Gasteiger partial charge on any atom is -0.497 e. The molecule has 3 aromatic carbocycles. The lowest BCUT2D eigenvalue weighted by atomic mass is 9.91. The predicted octanol–water partition coefficient (Wildman–Crippen LogP) is 5.94. The Morgan fingerprint density at radius 1 is 0.885 bits per heavy atom. The molecule has 4 aromatic rings. The number of primary sulfonamides is 1. The molecule has 0 bridgehead atoms. The second kappa shape index (κ2) is 12.4. The number of methoxy groups -OCH3 is 3. The van der Waals surface area contributed by atoms with E-state index in [2.05, 4.69) is 10.4 Å². The number of amides is 2. The number of fused-ring (bicyclic) bond motifs is 3. The van der Waals surface area contributed by atoms with Crippen LogP contribution in [0.4, 0.5) is 26.8 Å². The Labute approximate surface area is 300 Å². The number of benzene rings is 3. The van der Waals surface area contributed by atoms with E-state index in [-0.39, 0.29) is 33.8 Å². The Hall–Kier alpha value is -5.35. The fourth-order valence-corrected chi connectivity index (χ4v) is 7.20. The molecule has 1 aliphatic carbocycles. The normalized spacial score (nSPS) is 18.3. The van der Waals surface area contributed by atoms with E-state index in [1.165, 1.54) is 33.5 Å². The first-order valence-electron chi connectivity index (χ1n) is 16.3. The summed E-state index contributed by atoms with van der Waals surface area (Å²) in [7, 11) is 0.0256. The van der Waals surface area contributed by atoms with Gasteiger partial charge in [-0.25, -0.2) is 28.0 Å². The van der Waals surface area contributed by atoms with Crippen molar-refractivity contribution in [2.45, 2.75) is 75.4 Å². The van der Waals surface area contributed by atoms with Crippen LogP contribution in [0.2, 0.25) is 0 Å². The summed E-state index contributed by atoms with van der Waals surface area (Å²) < 4.78 is 53.1. The van der Waals surface area contributed by atoms with Crippen LogP contribution in [0, 0.1) is 0 Å². The molecule has 1 spiro atoms. The van der Waals surface area contributed by atoms with Crippen molar-refractivity contribution in [3.8, 4) is 17.2 Å². The summed E-state index contributed by atoms with van der Waals surface area (Å²) in [6.07, 6.45) is -1.15. The molecule has 2 aliphatic rings. The molecule has 16 heteroatoms. The van der Waals surface area contributed by atoms with E-state index >= 15 is 0 Å². The number of nitrogens with zero attached hydrogens (tertiary/aromatic N) is 3. The van der Waals surface area contributed by atoms with Crippen molar-refractivity contribution in [2.75, 3.05) is 31.5 Å². The van der Waals surface area contributed by atoms with Crippen molar-refractivity contribution in [3.05, 3.63) is 59.7 Å². The quantitative estimate of drug-likeness (QED) is 0.227. The third-order valence-corrected chi connectivity index (χ3v) is 9.70. The molecule has 1 aliphatic heterocycles. The molecular weight excluding hydrogens is 694 g/mol. The van der Waals surface area contributed by atoms with Gasteiger partial charge >= 0.3 is 12.2 Å². The van der Waals surface area contributed by atoms with E-state index in [1.807, 2.05) is 6.07 Å². The molecule has 0 unspecified atom stereocenters. The summed E-state index contributed by atoms with van der Waals surface area (Å²) in [5.74, 6) is 0.0234. The fraction of sp³-hybridized carbons (Fsp3) is 0.389. The van der Waals surface area contributed by atoms with Crippen molar-refractivity contribution in [3.63, 3.8) is 0 Å². The van der Waals surface area contributed by atoms with Gasteiger partial charge in [0.05, 0.1) is 43.6 Å². The second-order valence-corrected chi connectivity index (χ2v) is 16.2. The molecule has 3 N–H and O–H groups in total. The Bertz CT molecular complexity index is 2250. The van der Waals surface area contributed by atoms with Gasteiger partial charge in [0.2, 0.25) is 15.9 Å². The van der Waals surface area contributed by atoms with E-state index in [9.17, 15) is 22.8 Å². The Balaban J connectivity index is 1.45. The van der Waals surface area contributed by atoms with E-state index in [4.69, 9.17) is 28.8 Å². The first-order chi connectivity index (χ1) is 24.2. The minimum atomic E-state index is -4.16. The Morgan fingerprint density at radius 2 is 1.54 bits per heavy atom. The summed E-state index contributed by atoms with van der Waals surface area (Å²) >= 11 is 0. The van der Waals surface area contributed by atoms with E-state index in [0.717, 1.165) is 9.58 Å². The number of sulfonamides is 1. The van der Waals surface area contributed by atoms with Crippen LogP contribution in [-0.4, -0.2) is 68.8 Å². The van der Waals surface area contributed by atoms with Crippen LogP contribution in [0.5, 0.6) is 17.2 Å². The molecule has 2 heterocycles. The maximum atomic E-state index is 14.3. The lowest BCUT2D eigenvalue weighted by molar-refractivity contribution is -0.120. The summed E-state index contributed by atoms with van der Waals surface area (Å²) in [5.41, 5.74) is -0.355. The van der Waals surface area contributed by atoms with Crippen molar-refractivity contribution in [2.24, 2.45) is 5.14 Å². The molecule has 1 saturated carbocycles. The molecule has 15 nitrogen and oxygen atoms in total. The molecule has 6 rings (SSSR count). The number of nitrogens with one attached hydrogen (secondary N) is 1. The number of aromatic nitrogens is 2. The zero-order valence-electron chi connectivity index (χ0n) is 30.3. The SMILES string of the molecule is COc1ccc2c(c1)[C@]1(C[C@H]1c1ccc3c(Nc4cc(OC)c(S(N)(=O)=O)cc4OC)nn(C(=O)OC(C)(C)C)c3c1)C(=O)N2C(=O)OC(C)(C)C. The summed E-state index contributed by atoms with van der Waals surface area (Å²) in [6, 6.07) is 13.1. The number of carbonyl (C=O) groups excluding carboxylic acids is 3. The number of nitrogens with two attached hydrogens (primary N) is 1. The standard InChI is InChI=1S/C36H41N5O10S/c1-34(2,3)50-32(43)40-25-13-11-20(47-7)15-22(25)36(31(40)42)18-23(36)19-10-12-21-26(14-19)41(33(44)51-35(4,5)6)39-30(21)38-24-16-28(49-9)29(52(37,45)46)17-27(24)48-8/h10-17,23H,18H2,1-9H3,(H,38,39)(H2,37,45,46)/t23-,36-/m0/s1. The van der Waals surface area contributed by atoms with Gasteiger partial charge in [0.1, 0.15) is 33.3 Å². The number of ether oxygens (including phenoxy) is 5. The topological polar surface area (TPSA) is 191 Å². The maximum absolute atomic E-state index is 14.3. The van der Waals surface area contributed by atoms with Gasteiger partial charge in [-0.3, -0.25) is 4.79 Å². The number of hydrogen-bond acceptors (Lipinski definition) is 12. The molecule has 2 amide bonds. The van der Waals surface area contributed by atoms with Crippen molar-refractivity contribution in [1.29, 1.82) is 0 Å². The van der Waals surface area contributed by atoms with Gasteiger partial charge in [-0.05, 0) is 89.4 Å². The van der Waals surface area contributed by atoms with Gasteiger partial charge in [-0.15, -0.1) is 5.10 Å². The van der Waals surface area contributed by atoms with E-state index < -0.39 is 44.7 Å². The average Bonchev–Trinajstić information content (AvgIpc) is 3.63. The monoisotopic (exact) mass is 735 g/mol. The molecule has 0 saturated heterocycles. The highest BCUT2D eigenvalue weighted by atomic mass is 32.2. The zero-order chi connectivity index (χ0) is 38.1. The van der Waals surface area contributed by atoms with Gasteiger partial charge in [-0.2, -0.15) is 4.68 Å². The first kappa shape index (κ1) is 36.4. The predicted molar refractivity (Wildman–Crippen MR) is 191 cm³/mol. The van der Waals surface area contributed by atoms with Crippen LogP contribution in [0.15, 0.2) is 53.4 Å². The largest absolute Gasteiger partial charge is 0.497 e. The van der Waals surface area contributed by atoms with Crippen LogP contribution in [-0.2, 0) is 29.7 Å². The summed E-state index contributed by atoms with van der Waals surface area (Å²) in [6.45, 7) is 10.4. The molecule has 0 radical (unpaired) electrons. The molecular formula is C36H41N5O10S. The first-order valence-corrected chi connectivity index (χ1v) is 17.8. The van der Waals surface area contributed by atoms with E-state index in [0.29, 0.717) is 39.9 Å². The van der Waals surface area contributed by atoms with Gasteiger partial charge in [0, 0.05) is 23.4 Å². The van der Waals surface area contributed by atoms with Crippen LogP contribution in [0.3, 0.4) is 0 Å². The third kappa shape index (κ3) is 6.36. The average molecular weight is 736 g/mol. The Morgan fingerprint density at radius 3 is 2.13 bits per heavy atom. The van der Waals surface area contributed by atoms with E-state index in [1.54, 1.807) is 71.9 Å². The van der Waals surface area contributed by atoms with Gasteiger partial charge < -0.3 is 29.0 Å². The maximum Gasteiger partial charge on any atom is 0.435 e. The second-order valence-electron chi connectivity index (χ2n) is 14.6. The number of imide groups is 1. The van der Waals surface area contributed by atoms with Crippen molar-refractivity contribution in [1.82, 2.24) is 9.78 Å². The smallest absolute Gasteiger partial charge is 0.435 e. The molecule has 276 valence electrons. The van der Waals surface area contributed by atoms with Crippen LogP contribution in [0.25, 0.3) is 10.9 Å². The van der Waals surface area contributed by atoms with Gasteiger partial charge in [-0.1, -0.05) is 6.07 Å². The number of rotatable bonds is 7. The number of carbonyl (C=O) groups is 3. The summed E-state index contributed by atoms with van der Waals surface area (Å²) in [5, 5.41) is 13.6. The highest BCUT2D eigenvalue weighted by Gasteiger charge is 2.68. The van der Waals surface area contributed by atoms with Gasteiger partial charge in [0.15, 0.2) is 5.82 Å². The van der Waals surface area contributed by atoms with Crippen molar-refractivity contribution >= 4 is 56.2 Å². The third-order valence-electron chi connectivity index (χ3n) is 8.77. The molecule has 1 fully saturated rings. The summed E-state index contributed by atoms with van der Waals surface area (Å²) in [4.78, 5) is 42.1. The highest BCUT2D eigenvalue weighted by molar-refractivity contribution is 7.89. The zero-order valence-corrected chi connectivity index (χ0v) is 31.1. The lowest BCUT2D eigenvalue weighted by Gasteiger charge is -2.24. The molecule has 52 heavy (non-hydrogen) atoms. The van der Waals surface area contributed by atoms with Crippen LogP contribution >= 0.6 is 0 Å². The molecule has 1 aromatic heterocycles. The number of hydrogen-bond donors (Lipinski definition) is 2. The number of anilines is 3. The van der Waals surface area contributed by atoms with Gasteiger partial charge in [0.25, 0.3) is 0 Å². The van der Waals surface area contributed by atoms with Crippen LogP contribution < -0.4 is 29.6 Å². The van der Waals surface area contributed by atoms with Crippen LogP contribution in [0.1, 0.15) is 65.0 Å². The molecule has 2 atom stereocenters. The Kier molecular flexibility index (Phi) is 8.69. The minimum absolute atomic E-state index is 0.0402. The lowest BCUT2D eigenvalue weighted by Crippen LogP contribution is -2.41.